The Balaban J connectivity index is 1.24. The molecular weight excluding hydrogens is 675 g/mol. The number of aromatic nitrogens is 3. The van der Waals surface area contributed by atoms with Gasteiger partial charge in [0.2, 0.25) is 11.8 Å². The highest BCUT2D eigenvalue weighted by molar-refractivity contribution is 6.39. The summed E-state index contributed by atoms with van der Waals surface area (Å²) in [4.78, 5) is 34.1. The molecule has 4 heterocycles. The van der Waals surface area contributed by atoms with Crippen molar-refractivity contribution in [3.05, 3.63) is 105 Å². The lowest BCUT2D eigenvalue weighted by atomic mass is 9.97. The van der Waals surface area contributed by atoms with Gasteiger partial charge in [-0.3, -0.25) is 14.0 Å². The second kappa shape index (κ2) is 15.3. The van der Waals surface area contributed by atoms with Gasteiger partial charge in [0.1, 0.15) is 5.65 Å². The van der Waals surface area contributed by atoms with Crippen LogP contribution in [0.1, 0.15) is 37.8 Å². The maximum Gasteiger partial charge on any atom is 0.262 e. The third-order valence-electron chi connectivity index (χ3n) is 9.00. The Morgan fingerprint density at radius 2 is 1.62 bits per heavy atom. The van der Waals surface area contributed by atoms with E-state index in [9.17, 15) is 9.59 Å². The van der Waals surface area contributed by atoms with Gasteiger partial charge in [0.05, 0.1) is 28.5 Å². The highest BCUT2D eigenvalue weighted by atomic mass is 35.5. The number of nitrogens with one attached hydrogen (secondary N) is 3. The van der Waals surface area contributed by atoms with Crippen LogP contribution in [0.25, 0.3) is 39.2 Å². The van der Waals surface area contributed by atoms with Crippen molar-refractivity contribution in [1.29, 1.82) is 0 Å². The largest absolute Gasteiger partial charge is 0.481 e. The molecule has 1 amide bonds. The fourth-order valence-corrected chi connectivity index (χ4v) is 6.68. The van der Waals surface area contributed by atoms with Crippen molar-refractivity contribution >= 4 is 34.8 Å². The number of fused-ring (bicyclic) bond motifs is 1. The molecule has 2 aromatic carbocycles. The Morgan fingerprint density at radius 1 is 0.920 bits per heavy atom. The fraction of sp³-hybridized carbons (Fsp3) is 0.316. The summed E-state index contributed by atoms with van der Waals surface area (Å²) in [5.74, 6) is 0.590. The number of benzene rings is 2. The first-order chi connectivity index (χ1) is 24.1. The molecule has 0 bridgehead atoms. The Labute approximate surface area is 301 Å². The van der Waals surface area contributed by atoms with E-state index in [0.29, 0.717) is 65.4 Å². The smallest absolute Gasteiger partial charge is 0.262 e. The van der Waals surface area contributed by atoms with E-state index in [-0.39, 0.29) is 23.1 Å². The van der Waals surface area contributed by atoms with Gasteiger partial charge in [0.15, 0.2) is 0 Å². The van der Waals surface area contributed by atoms with Crippen LogP contribution in [0.3, 0.4) is 0 Å². The first kappa shape index (κ1) is 35.5. The van der Waals surface area contributed by atoms with Gasteiger partial charge in [0, 0.05) is 91.5 Å². The number of amides is 1. The van der Waals surface area contributed by atoms with Crippen LogP contribution in [0.2, 0.25) is 10.0 Å². The van der Waals surface area contributed by atoms with Crippen LogP contribution in [0, 0.1) is 0 Å². The molecule has 6 rings (SSSR count). The van der Waals surface area contributed by atoms with E-state index in [4.69, 9.17) is 37.7 Å². The third kappa shape index (κ3) is 7.70. The molecule has 0 saturated carbocycles. The summed E-state index contributed by atoms with van der Waals surface area (Å²) in [6.45, 7) is 6.14. The predicted octanol–water partition coefficient (Wildman–Crippen LogP) is 6.29. The lowest BCUT2D eigenvalue weighted by Gasteiger charge is -2.23. The van der Waals surface area contributed by atoms with Crippen molar-refractivity contribution in [2.75, 3.05) is 27.3 Å². The highest BCUT2D eigenvalue weighted by Crippen LogP contribution is 2.42. The number of pyridine rings is 2. The van der Waals surface area contributed by atoms with Gasteiger partial charge in [-0.05, 0) is 44.0 Å². The fourth-order valence-electron chi connectivity index (χ4n) is 6.02. The van der Waals surface area contributed by atoms with Crippen LogP contribution in [0.15, 0.2) is 77.9 Å². The maximum absolute atomic E-state index is 13.2. The van der Waals surface area contributed by atoms with E-state index in [1.165, 1.54) is 4.40 Å². The molecule has 0 radical (unpaired) electrons. The van der Waals surface area contributed by atoms with Gasteiger partial charge in [-0.25, -0.2) is 9.97 Å². The molecule has 1 aliphatic rings. The standard InChI is InChI=1S/C38H40Cl2N6O4/c1-38(2,50-4)22-42-19-25-20-43-32-17-23(15-16-46(32)37(25)48)27-7-5-8-28(34(27)39)29-9-6-10-30(35(29)40)31-13-11-24(36(45-31)49-3)18-41-21-26-12-14-33(47)44-26/h5-11,13,15-17,20,26,41-42H,12,14,18-19,21-22H2,1-4H3,(H,44,47)/t26-/m1/s1. The van der Waals surface area contributed by atoms with Crippen LogP contribution in [-0.4, -0.2) is 59.2 Å². The second-order valence-corrected chi connectivity index (χ2v) is 13.7. The molecule has 1 fully saturated rings. The number of hydrogen-bond acceptors (Lipinski definition) is 8. The Morgan fingerprint density at radius 3 is 2.32 bits per heavy atom. The molecular formula is C38H40Cl2N6O4. The lowest BCUT2D eigenvalue weighted by molar-refractivity contribution is -0.119. The van der Waals surface area contributed by atoms with Crippen LogP contribution < -0.4 is 26.2 Å². The summed E-state index contributed by atoms with van der Waals surface area (Å²) in [7, 11) is 3.26. The van der Waals surface area contributed by atoms with Gasteiger partial charge in [0.25, 0.3) is 5.56 Å². The lowest BCUT2D eigenvalue weighted by Crippen LogP contribution is -2.37. The van der Waals surface area contributed by atoms with Crippen LogP contribution in [0.4, 0.5) is 0 Å². The zero-order valence-electron chi connectivity index (χ0n) is 28.5. The van der Waals surface area contributed by atoms with Crippen molar-refractivity contribution in [2.45, 2.75) is 51.4 Å². The number of nitrogens with zero attached hydrogens (tertiary/aromatic N) is 3. The van der Waals surface area contributed by atoms with Crippen molar-refractivity contribution in [2.24, 2.45) is 0 Å². The average molecular weight is 716 g/mol. The molecule has 0 aliphatic carbocycles. The minimum Gasteiger partial charge on any atom is -0.481 e. The van der Waals surface area contributed by atoms with Crippen molar-refractivity contribution in [3.63, 3.8) is 0 Å². The SMILES string of the molecule is COc1nc(-c2cccc(-c3cccc(-c4ccn5c(=O)c(CNCC(C)(C)OC)cnc5c4)c3Cl)c2Cl)ccc1CNC[C@H]1CCC(=O)N1. The highest BCUT2D eigenvalue weighted by Gasteiger charge is 2.21. The molecule has 3 N–H and O–H groups in total. The van der Waals surface area contributed by atoms with Crippen molar-refractivity contribution in [3.8, 4) is 39.4 Å². The zero-order valence-corrected chi connectivity index (χ0v) is 30.0. The Hall–Kier alpha value is -4.32. The average Bonchev–Trinajstić information content (AvgIpc) is 3.54. The summed E-state index contributed by atoms with van der Waals surface area (Å²) in [6, 6.07) is 19.3. The number of ether oxygens (including phenoxy) is 2. The summed E-state index contributed by atoms with van der Waals surface area (Å²) >= 11 is 14.2. The van der Waals surface area contributed by atoms with Gasteiger partial charge < -0.3 is 25.4 Å². The first-order valence-corrected chi connectivity index (χ1v) is 17.2. The van der Waals surface area contributed by atoms with E-state index in [2.05, 4.69) is 20.9 Å². The first-order valence-electron chi connectivity index (χ1n) is 16.5. The third-order valence-corrected chi connectivity index (χ3v) is 9.81. The molecule has 260 valence electrons. The minimum atomic E-state index is -0.347. The molecule has 10 nitrogen and oxygen atoms in total. The number of hydrogen-bond donors (Lipinski definition) is 3. The molecule has 1 saturated heterocycles. The normalized spacial score (nSPS) is 14.7. The van der Waals surface area contributed by atoms with Gasteiger partial charge in [-0.15, -0.1) is 0 Å². The molecule has 1 atom stereocenters. The van der Waals surface area contributed by atoms with E-state index in [0.717, 1.165) is 39.8 Å². The van der Waals surface area contributed by atoms with Crippen LogP contribution in [0.5, 0.6) is 5.88 Å². The predicted molar refractivity (Wildman–Crippen MR) is 198 cm³/mol. The number of methoxy groups -OCH3 is 2. The quantitative estimate of drug-likeness (QED) is 0.130. The molecule has 0 unspecified atom stereocenters. The molecule has 50 heavy (non-hydrogen) atoms. The van der Waals surface area contributed by atoms with Gasteiger partial charge in [-0.1, -0.05) is 65.7 Å². The van der Waals surface area contributed by atoms with Crippen molar-refractivity contribution in [1.82, 2.24) is 30.3 Å². The summed E-state index contributed by atoms with van der Waals surface area (Å²) in [5, 5.41) is 10.7. The van der Waals surface area contributed by atoms with E-state index in [1.54, 1.807) is 26.6 Å². The summed E-state index contributed by atoms with van der Waals surface area (Å²) < 4.78 is 12.6. The van der Waals surface area contributed by atoms with Gasteiger partial charge in [-0.2, -0.15) is 0 Å². The molecule has 5 aromatic rings. The second-order valence-electron chi connectivity index (χ2n) is 12.9. The Bertz CT molecular complexity index is 2100. The number of carbonyl (C=O) groups is 1. The number of halogens is 2. The van der Waals surface area contributed by atoms with Crippen molar-refractivity contribution < 1.29 is 14.3 Å². The minimum absolute atomic E-state index is 0.0952. The van der Waals surface area contributed by atoms with Gasteiger partial charge >= 0.3 is 0 Å². The van der Waals surface area contributed by atoms with E-state index in [1.807, 2.05) is 74.5 Å². The Kier molecular flexibility index (Phi) is 10.9. The topological polar surface area (TPSA) is 119 Å². The van der Waals surface area contributed by atoms with E-state index >= 15 is 0 Å². The summed E-state index contributed by atoms with van der Waals surface area (Å²) in [5.41, 5.74) is 6.00. The van der Waals surface area contributed by atoms with E-state index < -0.39 is 0 Å². The molecule has 12 heteroatoms. The maximum atomic E-state index is 13.2. The monoisotopic (exact) mass is 714 g/mol. The van der Waals surface area contributed by atoms with Crippen LogP contribution >= 0.6 is 23.2 Å². The number of carbonyl (C=O) groups excluding carboxylic acids is 1. The summed E-state index contributed by atoms with van der Waals surface area (Å²) in [6.07, 6.45) is 4.74. The zero-order chi connectivity index (χ0) is 35.4. The number of rotatable bonds is 13. The molecule has 3 aromatic heterocycles. The van der Waals surface area contributed by atoms with Crippen LogP contribution in [-0.2, 0) is 22.6 Å². The molecule has 1 aliphatic heterocycles. The molecule has 0 spiro atoms.